The van der Waals surface area contributed by atoms with Gasteiger partial charge in [-0.15, -0.1) is 0 Å². The summed E-state index contributed by atoms with van der Waals surface area (Å²) >= 11 is 0. The number of rotatable bonds is 14. The van der Waals surface area contributed by atoms with Gasteiger partial charge in [-0.25, -0.2) is 14.0 Å². The number of carbonyl (C=O) groups excluding carboxylic acids is 4. The lowest BCUT2D eigenvalue weighted by atomic mass is 9.87. The molecule has 0 radical (unpaired) electrons. The summed E-state index contributed by atoms with van der Waals surface area (Å²) in [7, 11) is 0. The molecule has 1 saturated heterocycles. The molecule has 0 aliphatic carbocycles. The average molecular weight is 671 g/mol. The lowest BCUT2D eigenvalue weighted by Crippen LogP contribution is -2.53. The Balaban J connectivity index is 0.000000456. The first kappa shape index (κ1) is 41.6. The van der Waals surface area contributed by atoms with Gasteiger partial charge in [0.25, 0.3) is 5.91 Å². The number of hydrogen-bond donors (Lipinski definition) is 1. The minimum absolute atomic E-state index is 0.00787. The van der Waals surface area contributed by atoms with Crippen LogP contribution in [-0.4, -0.2) is 70.2 Å². The van der Waals surface area contributed by atoms with E-state index < -0.39 is 35.1 Å². The molecule has 0 spiro atoms. The SMILES string of the molecule is C/C=C\C(=O)OCC(C)(C)C(=O)C(=O)N1CCCCC1C(=O)O.CC.CC(C)C(=O)COc1cc(F)cc(CCCc2ccncc2)c1. The summed E-state index contributed by atoms with van der Waals surface area (Å²) < 4.78 is 24.1. The number of allylic oxidation sites excluding steroid dienone is 1. The van der Waals surface area contributed by atoms with Gasteiger partial charge in [0.15, 0.2) is 5.78 Å². The molecule has 10 nitrogen and oxygen atoms in total. The van der Waals surface area contributed by atoms with Crippen molar-refractivity contribution in [1.29, 1.82) is 0 Å². The van der Waals surface area contributed by atoms with Crippen molar-refractivity contribution in [3.63, 3.8) is 0 Å². The van der Waals surface area contributed by atoms with Crippen molar-refractivity contribution in [2.75, 3.05) is 19.8 Å². The fourth-order valence-corrected chi connectivity index (χ4v) is 4.57. The summed E-state index contributed by atoms with van der Waals surface area (Å²) in [6.07, 6.45) is 10.6. The van der Waals surface area contributed by atoms with Crippen molar-refractivity contribution in [3.8, 4) is 5.75 Å². The molecule has 1 atom stereocenters. The van der Waals surface area contributed by atoms with Crippen LogP contribution in [0.4, 0.5) is 4.39 Å². The van der Waals surface area contributed by atoms with E-state index in [1.807, 2.05) is 45.9 Å². The van der Waals surface area contributed by atoms with E-state index in [9.17, 15) is 33.5 Å². The highest BCUT2D eigenvalue weighted by Gasteiger charge is 2.41. The number of aryl methyl sites for hydroxylation is 2. The van der Waals surface area contributed by atoms with Gasteiger partial charge in [-0.3, -0.25) is 19.4 Å². The Morgan fingerprint density at radius 2 is 1.69 bits per heavy atom. The number of aromatic nitrogens is 1. The number of carbonyl (C=O) groups is 5. The van der Waals surface area contributed by atoms with Crippen LogP contribution in [0.5, 0.6) is 5.75 Å². The molecule has 0 bridgehead atoms. The van der Waals surface area contributed by atoms with Gasteiger partial charge in [-0.05, 0) is 94.7 Å². The van der Waals surface area contributed by atoms with Crippen molar-refractivity contribution in [2.24, 2.45) is 11.3 Å². The number of carboxylic acids is 1. The fraction of sp³-hybridized carbons (Fsp3) is 0.514. The van der Waals surface area contributed by atoms with Gasteiger partial charge < -0.3 is 19.5 Å². The molecule has 2 aromatic rings. The van der Waals surface area contributed by atoms with Gasteiger partial charge in [0.05, 0.1) is 5.41 Å². The normalized spacial score (nSPS) is 14.3. The van der Waals surface area contributed by atoms with E-state index in [-0.39, 0.29) is 37.3 Å². The molecule has 0 saturated carbocycles. The van der Waals surface area contributed by atoms with Crippen molar-refractivity contribution in [3.05, 3.63) is 71.8 Å². The van der Waals surface area contributed by atoms with E-state index in [0.717, 1.165) is 29.7 Å². The molecule has 48 heavy (non-hydrogen) atoms. The molecule has 3 rings (SSSR count). The predicted molar refractivity (Wildman–Crippen MR) is 181 cm³/mol. The van der Waals surface area contributed by atoms with Crippen LogP contribution in [0.15, 0.2) is 54.9 Å². The highest BCUT2D eigenvalue weighted by Crippen LogP contribution is 2.23. The smallest absolute Gasteiger partial charge is 0.330 e. The number of likely N-dealkylation sites (tertiary alicyclic amines) is 1. The van der Waals surface area contributed by atoms with Gasteiger partial charge in [-0.1, -0.05) is 33.8 Å². The Kier molecular flexibility index (Phi) is 18.6. The Hall–Kier alpha value is -4.41. The number of esters is 1. The highest BCUT2D eigenvalue weighted by atomic mass is 19.1. The number of halogens is 1. The molecule has 2 heterocycles. The third-order valence-corrected chi connectivity index (χ3v) is 7.37. The first-order valence-electron chi connectivity index (χ1n) is 16.5. The zero-order valence-electron chi connectivity index (χ0n) is 29.3. The maximum atomic E-state index is 13.7. The predicted octanol–water partition coefficient (Wildman–Crippen LogP) is 6.19. The topological polar surface area (TPSA) is 140 Å². The van der Waals surface area contributed by atoms with Crippen LogP contribution in [-0.2, 0) is 41.6 Å². The molecule has 1 aromatic carbocycles. The number of piperidine rings is 1. The Labute approximate surface area is 283 Å². The number of Topliss-reactive ketones (excluding diaryl/α,β-unsaturated/α-hetero) is 2. The zero-order chi connectivity index (χ0) is 36.3. The van der Waals surface area contributed by atoms with Crippen LogP contribution in [0.3, 0.4) is 0 Å². The number of aliphatic carboxylic acids is 1. The summed E-state index contributed by atoms with van der Waals surface area (Å²) in [6, 6.07) is 7.64. The molecule has 1 aromatic heterocycles. The maximum Gasteiger partial charge on any atom is 0.330 e. The van der Waals surface area contributed by atoms with E-state index in [0.29, 0.717) is 25.0 Å². The summed E-state index contributed by atoms with van der Waals surface area (Å²) in [6.45, 7) is 12.3. The molecular weight excluding hydrogens is 619 g/mol. The first-order valence-corrected chi connectivity index (χ1v) is 16.5. The number of pyridine rings is 1. The number of amides is 1. The zero-order valence-corrected chi connectivity index (χ0v) is 29.3. The van der Waals surface area contributed by atoms with E-state index in [1.165, 1.54) is 43.7 Å². The third-order valence-electron chi connectivity index (χ3n) is 7.37. The molecule has 1 aliphatic heterocycles. The van der Waals surface area contributed by atoms with Crippen molar-refractivity contribution >= 4 is 29.4 Å². The second kappa shape index (κ2) is 21.5. The minimum Gasteiger partial charge on any atom is -0.486 e. The molecule has 1 N–H and O–H groups in total. The Bertz CT molecular complexity index is 1370. The molecule has 1 aliphatic rings. The number of benzene rings is 1. The summed E-state index contributed by atoms with van der Waals surface area (Å²) in [4.78, 5) is 64.1. The highest BCUT2D eigenvalue weighted by molar-refractivity contribution is 6.38. The van der Waals surface area contributed by atoms with Crippen molar-refractivity contribution < 1.29 is 42.9 Å². The Morgan fingerprint density at radius 1 is 1.04 bits per heavy atom. The summed E-state index contributed by atoms with van der Waals surface area (Å²) in [5.41, 5.74) is 0.885. The molecular formula is C37H51FN2O8. The van der Waals surface area contributed by atoms with E-state index in [2.05, 4.69) is 4.98 Å². The molecule has 1 unspecified atom stereocenters. The van der Waals surface area contributed by atoms with E-state index in [1.54, 1.807) is 19.3 Å². The second-order valence-electron chi connectivity index (χ2n) is 12.1. The molecule has 1 fully saturated rings. The van der Waals surface area contributed by atoms with Gasteiger partial charge >= 0.3 is 11.9 Å². The number of nitrogens with zero attached hydrogens (tertiary/aromatic N) is 2. The maximum absolute atomic E-state index is 13.7. The van der Waals surface area contributed by atoms with Crippen LogP contribution in [0.25, 0.3) is 0 Å². The largest absolute Gasteiger partial charge is 0.486 e. The Morgan fingerprint density at radius 3 is 2.29 bits per heavy atom. The number of carboxylic acid groups (broad SMARTS) is 1. The number of ether oxygens (including phenoxy) is 2. The van der Waals surface area contributed by atoms with Crippen LogP contribution in [0.2, 0.25) is 0 Å². The van der Waals surface area contributed by atoms with E-state index in [4.69, 9.17) is 9.47 Å². The number of ketones is 2. The van der Waals surface area contributed by atoms with E-state index >= 15 is 0 Å². The summed E-state index contributed by atoms with van der Waals surface area (Å²) in [5, 5.41) is 9.20. The van der Waals surface area contributed by atoms with Crippen LogP contribution >= 0.6 is 0 Å². The standard InChI is InChI=1S/C19H22FNO2.C16H23NO6.C2H6/c1-14(2)19(22)13-23-18-11-16(10-17(20)12-18)5-3-4-15-6-8-21-9-7-15;1-4-7-12(18)23-10-16(2,3)13(19)14(20)17-9-6-5-8-11(17)15(21)22;1-2/h6-12,14H,3-5,13H2,1-2H3;4,7,11H,5-6,8-10H2,1-3H3,(H,21,22);1-2H3/b;7-4-;. The quantitative estimate of drug-likeness (QED) is 0.141. The fourth-order valence-electron chi connectivity index (χ4n) is 4.57. The van der Waals surface area contributed by atoms with Gasteiger partial charge in [0, 0.05) is 37.0 Å². The average Bonchev–Trinajstić information content (AvgIpc) is 3.07. The minimum atomic E-state index is -1.21. The second-order valence-corrected chi connectivity index (χ2v) is 12.1. The molecule has 11 heteroatoms. The lowest BCUT2D eigenvalue weighted by molar-refractivity contribution is -0.159. The third kappa shape index (κ3) is 14.6. The van der Waals surface area contributed by atoms with Crippen LogP contribution in [0, 0.1) is 17.2 Å². The lowest BCUT2D eigenvalue weighted by Gasteiger charge is -2.34. The monoisotopic (exact) mass is 670 g/mol. The number of hydrogen-bond acceptors (Lipinski definition) is 8. The summed E-state index contributed by atoms with van der Waals surface area (Å²) in [5.74, 6) is -3.28. The molecule has 1 amide bonds. The molecule has 264 valence electrons. The van der Waals surface area contributed by atoms with Crippen LogP contribution in [0.1, 0.15) is 85.3 Å². The van der Waals surface area contributed by atoms with Gasteiger partial charge in [0.1, 0.15) is 30.8 Å². The van der Waals surface area contributed by atoms with Crippen molar-refractivity contribution in [2.45, 2.75) is 93.0 Å². The van der Waals surface area contributed by atoms with Gasteiger partial charge in [-0.2, -0.15) is 0 Å². The van der Waals surface area contributed by atoms with Crippen molar-refractivity contribution in [1.82, 2.24) is 9.88 Å². The van der Waals surface area contributed by atoms with Crippen LogP contribution < -0.4 is 4.74 Å². The van der Waals surface area contributed by atoms with Gasteiger partial charge in [0.2, 0.25) is 5.78 Å². The first-order chi connectivity index (χ1) is 22.7.